The van der Waals surface area contributed by atoms with Crippen LogP contribution < -0.4 is 16.4 Å². The average molecular weight is 496 g/mol. The number of carbonyl (C=O) groups excluding carboxylic acids is 2. The van der Waals surface area contributed by atoms with Crippen molar-refractivity contribution in [2.75, 3.05) is 23.7 Å². The lowest BCUT2D eigenvalue weighted by atomic mass is 9.88. The topological polar surface area (TPSA) is 126 Å². The number of pyridine rings is 1. The van der Waals surface area contributed by atoms with Crippen LogP contribution in [0.25, 0.3) is 11.1 Å². The van der Waals surface area contributed by atoms with E-state index in [0.29, 0.717) is 17.3 Å². The molecule has 3 aromatic rings. The fourth-order valence-electron chi connectivity index (χ4n) is 5.81. The third kappa shape index (κ3) is 4.52. The molecule has 2 aromatic heterocycles. The van der Waals surface area contributed by atoms with Crippen LogP contribution >= 0.6 is 0 Å². The lowest BCUT2D eigenvalue weighted by molar-refractivity contribution is -0.122. The molecule has 4 N–H and O–H groups in total. The smallest absolute Gasteiger partial charge is 0.253 e. The Labute approximate surface area is 215 Å². The van der Waals surface area contributed by atoms with Crippen LogP contribution in [0, 0.1) is 17.8 Å². The van der Waals surface area contributed by atoms with Crippen molar-refractivity contribution in [3.8, 4) is 11.1 Å². The normalized spacial score (nSPS) is 23.8. The summed E-state index contributed by atoms with van der Waals surface area (Å²) in [6, 6.07) is 11.1. The van der Waals surface area contributed by atoms with Crippen LogP contribution in [0.4, 0.5) is 17.5 Å². The molecule has 2 fully saturated rings. The van der Waals surface area contributed by atoms with Crippen LogP contribution in [0.15, 0.2) is 67.1 Å². The minimum Gasteiger partial charge on any atom is -0.369 e. The molecule has 6 rings (SSSR count). The zero-order valence-corrected chi connectivity index (χ0v) is 20.4. The molecule has 4 atom stereocenters. The fraction of sp³-hybridized carbons (Fsp3) is 0.321. The van der Waals surface area contributed by atoms with E-state index in [1.165, 1.54) is 0 Å². The van der Waals surface area contributed by atoms with Gasteiger partial charge in [-0.15, -0.1) is 0 Å². The highest BCUT2D eigenvalue weighted by molar-refractivity contribution is 5.95. The summed E-state index contributed by atoms with van der Waals surface area (Å²) in [6.07, 6.45) is 12.5. The molecular formula is C28H29N7O2. The van der Waals surface area contributed by atoms with Crippen LogP contribution in [0.3, 0.4) is 0 Å². The molecule has 3 aliphatic rings. The Morgan fingerprint density at radius 2 is 1.86 bits per heavy atom. The SMILES string of the molecule is NC(=O)C1C2C=CC(C2)C1Nc1nc(Nc2cccc(C(=O)N3CCCC3)c2)ncc1-c1cccnc1. The van der Waals surface area contributed by atoms with Crippen molar-refractivity contribution < 1.29 is 9.59 Å². The van der Waals surface area contributed by atoms with Crippen molar-refractivity contribution in [2.24, 2.45) is 23.5 Å². The minimum atomic E-state index is -0.302. The molecule has 37 heavy (non-hydrogen) atoms. The first-order valence-electron chi connectivity index (χ1n) is 12.7. The number of rotatable bonds is 7. The number of nitrogens with two attached hydrogens (primary N) is 1. The van der Waals surface area contributed by atoms with Gasteiger partial charge in [-0.25, -0.2) is 4.98 Å². The summed E-state index contributed by atoms with van der Waals surface area (Å²) in [7, 11) is 0. The van der Waals surface area contributed by atoms with Crippen molar-refractivity contribution in [3.63, 3.8) is 0 Å². The molecule has 1 saturated carbocycles. The molecule has 188 valence electrons. The number of hydrogen-bond acceptors (Lipinski definition) is 7. The number of aromatic nitrogens is 3. The predicted octanol–water partition coefficient (Wildman–Crippen LogP) is 3.61. The molecule has 2 bridgehead atoms. The number of allylic oxidation sites excluding steroid dienone is 1. The Kier molecular flexibility index (Phi) is 6.04. The Morgan fingerprint density at radius 3 is 2.65 bits per heavy atom. The summed E-state index contributed by atoms with van der Waals surface area (Å²) < 4.78 is 0. The van der Waals surface area contributed by atoms with Gasteiger partial charge < -0.3 is 21.3 Å². The first kappa shape index (κ1) is 23.1. The second kappa shape index (κ2) is 9.65. The molecular weight excluding hydrogens is 466 g/mol. The van der Waals surface area contributed by atoms with Crippen LogP contribution in [0.5, 0.6) is 0 Å². The number of fused-ring (bicyclic) bond motifs is 2. The Bertz CT molecular complexity index is 1350. The number of nitrogens with zero attached hydrogens (tertiary/aromatic N) is 4. The van der Waals surface area contributed by atoms with Crippen LogP contribution in [0.1, 0.15) is 29.6 Å². The highest BCUT2D eigenvalue weighted by Crippen LogP contribution is 2.45. The first-order valence-corrected chi connectivity index (χ1v) is 12.7. The molecule has 1 aliphatic heterocycles. The summed E-state index contributed by atoms with van der Waals surface area (Å²) in [5, 5.41) is 6.78. The third-order valence-electron chi connectivity index (χ3n) is 7.61. The van der Waals surface area contributed by atoms with Gasteiger partial charge in [0, 0.05) is 60.1 Å². The highest BCUT2D eigenvalue weighted by Gasteiger charge is 2.47. The summed E-state index contributed by atoms with van der Waals surface area (Å²) >= 11 is 0. The van der Waals surface area contributed by atoms with E-state index in [0.717, 1.165) is 49.2 Å². The van der Waals surface area contributed by atoms with Gasteiger partial charge >= 0.3 is 0 Å². The number of primary amides is 1. The number of hydrogen-bond donors (Lipinski definition) is 3. The quantitative estimate of drug-likeness (QED) is 0.428. The van der Waals surface area contributed by atoms with Gasteiger partial charge in [-0.05, 0) is 55.4 Å². The maximum Gasteiger partial charge on any atom is 0.253 e. The summed E-state index contributed by atoms with van der Waals surface area (Å²) in [5.41, 5.74) is 8.80. The van der Waals surface area contributed by atoms with E-state index in [2.05, 4.69) is 32.8 Å². The fourth-order valence-corrected chi connectivity index (χ4v) is 5.81. The van der Waals surface area contributed by atoms with Crippen LogP contribution in [-0.2, 0) is 4.79 Å². The molecule has 0 spiro atoms. The van der Waals surface area contributed by atoms with Crippen LogP contribution in [-0.4, -0.2) is 50.8 Å². The van der Waals surface area contributed by atoms with Gasteiger partial charge in [0.05, 0.1) is 5.92 Å². The summed E-state index contributed by atoms with van der Waals surface area (Å²) in [5.74, 6) is 0.794. The summed E-state index contributed by atoms with van der Waals surface area (Å²) in [6.45, 7) is 1.60. The second-order valence-corrected chi connectivity index (χ2v) is 9.95. The van der Waals surface area contributed by atoms with Crippen molar-refractivity contribution in [2.45, 2.75) is 25.3 Å². The van der Waals surface area contributed by atoms with Crippen molar-refractivity contribution in [3.05, 3.63) is 72.7 Å². The van der Waals surface area contributed by atoms with Gasteiger partial charge in [0.2, 0.25) is 11.9 Å². The monoisotopic (exact) mass is 495 g/mol. The van der Waals surface area contributed by atoms with Gasteiger partial charge in [0.15, 0.2) is 0 Å². The van der Waals surface area contributed by atoms with E-state index in [9.17, 15) is 9.59 Å². The van der Waals surface area contributed by atoms with Gasteiger partial charge in [-0.1, -0.05) is 24.3 Å². The standard InChI is InChI=1S/C28H29N7O2/c29-25(36)23-17-8-9-18(13-17)24(23)33-26-22(20-6-4-10-30-15-20)16-31-28(34-26)32-21-7-3-5-19(14-21)27(37)35-11-1-2-12-35/h3-10,14-18,23-24H,1-2,11-13H2,(H2,29,36)(H2,31,32,33,34). The third-order valence-corrected chi connectivity index (χ3v) is 7.61. The van der Waals surface area contributed by atoms with Gasteiger partial charge in [-0.3, -0.25) is 14.6 Å². The molecule has 1 aromatic carbocycles. The van der Waals surface area contributed by atoms with Crippen molar-refractivity contribution in [1.29, 1.82) is 0 Å². The molecule has 2 aliphatic carbocycles. The Balaban J connectivity index is 1.30. The maximum atomic E-state index is 12.9. The lowest BCUT2D eigenvalue weighted by Crippen LogP contribution is -2.41. The second-order valence-electron chi connectivity index (χ2n) is 9.95. The number of anilines is 3. The molecule has 1 saturated heterocycles. The van der Waals surface area contributed by atoms with Gasteiger partial charge in [-0.2, -0.15) is 4.98 Å². The molecule has 3 heterocycles. The predicted molar refractivity (Wildman–Crippen MR) is 141 cm³/mol. The van der Waals surface area contributed by atoms with Crippen molar-refractivity contribution in [1.82, 2.24) is 19.9 Å². The van der Waals surface area contributed by atoms with Gasteiger partial charge in [0.25, 0.3) is 5.91 Å². The maximum absolute atomic E-state index is 12.9. The molecule has 4 unspecified atom stereocenters. The van der Waals surface area contributed by atoms with E-state index >= 15 is 0 Å². The zero-order chi connectivity index (χ0) is 25.4. The number of nitrogens with one attached hydrogen (secondary N) is 2. The number of carbonyl (C=O) groups is 2. The molecule has 9 heteroatoms. The van der Waals surface area contributed by atoms with Gasteiger partial charge in [0.1, 0.15) is 5.82 Å². The van der Waals surface area contributed by atoms with E-state index in [1.54, 1.807) is 18.6 Å². The summed E-state index contributed by atoms with van der Waals surface area (Å²) in [4.78, 5) is 40.6. The molecule has 0 radical (unpaired) electrons. The molecule has 2 amide bonds. The van der Waals surface area contributed by atoms with E-state index in [1.807, 2.05) is 41.3 Å². The lowest BCUT2D eigenvalue weighted by Gasteiger charge is -2.28. The Morgan fingerprint density at radius 1 is 1.03 bits per heavy atom. The number of likely N-dealkylation sites (tertiary alicyclic amines) is 1. The van der Waals surface area contributed by atoms with E-state index in [4.69, 9.17) is 10.7 Å². The van der Waals surface area contributed by atoms with E-state index < -0.39 is 0 Å². The number of benzene rings is 1. The first-order chi connectivity index (χ1) is 18.1. The minimum absolute atomic E-state index is 0.0400. The van der Waals surface area contributed by atoms with Crippen molar-refractivity contribution >= 4 is 29.3 Å². The van der Waals surface area contributed by atoms with Crippen LogP contribution in [0.2, 0.25) is 0 Å². The highest BCUT2D eigenvalue weighted by atomic mass is 16.2. The molecule has 9 nitrogen and oxygen atoms in total. The zero-order valence-electron chi connectivity index (χ0n) is 20.4. The largest absolute Gasteiger partial charge is 0.369 e. The van der Waals surface area contributed by atoms with E-state index in [-0.39, 0.29) is 35.6 Å². The number of amides is 2. The average Bonchev–Trinajstić information content (AvgIpc) is 3.68. The Hall–Kier alpha value is -4.27.